The molecule has 0 saturated carbocycles. The van der Waals surface area contributed by atoms with E-state index in [9.17, 15) is 4.79 Å². The van der Waals surface area contributed by atoms with Gasteiger partial charge in [-0.05, 0) is 54.7 Å². The minimum Gasteiger partial charge on any atom is -0.497 e. The van der Waals surface area contributed by atoms with E-state index >= 15 is 0 Å². The van der Waals surface area contributed by atoms with Crippen LogP contribution in [0, 0.1) is 0 Å². The molecule has 2 aromatic carbocycles. The van der Waals surface area contributed by atoms with Gasteiger partial charge in [-0.3, -0.25) is 10.1 Å². The van der Waals surface area contributed by atoms with E-state index in [4.69, 9.17) is 21.4 Å². The van der Waals surface area contributed by atoms with Crippen LogP contribution in [0.2, 0.25) is 0 Å². The number of carbonyl (C=O) groups excluding carboxylic acids is 1. The molecule has 0 aliphatic heterocycles. The zero-order valence-corrected chi connectivity index (χ0v) is 16.9. The number of amides is 1. The SMILES string of the molecule is COc1cccc(C(=O)NC(=S)NCc2ccc(-c3ccc(Br)cc3)o2)c1. The molecule has 7 heteroatoms. The maximum Gasteiger partial charge on any atom is 0.257 e. The summed E-state index contributed by atoms with van der Waals surface area (Å²) < 4.78 is 11.9. The van der Waals surface area contributed by atoms with E-state index in [2.05, 4.69) is 26.6 Å². The zero-order valence-electron chi connectivity index (χ0n) is 14.5. The molecule has 3 aromatic rings. The highest BCUT2D eigenvalue weighted by Crippen LogP contribution is 2.23. The Balaban J connectivity index is 1.54. The third-order valence-electron chi connectivity index (χ3n) is 3.77. The Hall–Kier alpha value is -2.64. The Morgan fingerprint density at radius 3 is 2.67 bits per heavy atom. The van der Waals surface area contributed by atoms with Crippen molar-refractivity contribution in [2.75, 3.05) is 7.11 Å². The fourth-order valence-electron chi connectivity index (χ4n) is 2.39. The molecule has 1 heterocycles. The number of halogens is 1. The number of hydrogen-bond acceptors (Lipinski definition) is 4. The number of ether oxygens (including phenoxy) is 1. The lowest BCUT2D eigenvalue weighted by Gasteiger charge is -2.09. The van der Waals surface area contributed by atoms with Gasteiger partial charge in [0.1, 0.15) is 17.3 Å². The summed E-state index contributed by atoms with van der Waals surface area (Å²) in [5.74, 6) is 1.79. The summed E-state index contributed by atoms with van der Waals surface area (Å²) in [6, 6.07) is 18.5. The van der Waals surface area contributed by atoms with Crippen LogP contribution in [-0.4, -0.2) is 18.1 Å². The van der Waals surface area contributed by atoms with E-state index in [0.717, 1.165) is 15.8 Å². The average molecular weight is 445 g/mol. The molecule has 138 valence electrons. The molecular weight excluding hydrogens is 428 g/mol. The van der Waals surface area contributed by atoms with E-state index in [1.165, 1.54) is 0 Å². The van der Waals surface area contributed by atoms with Gasteiger partial charge in [0, 0.05) is 15.6 Å². The highest BCUT2D eigenvalue weighted by molar-refractivity contribution is 9.10. The number of methoxy groups -OCH3 is 1. The summed E-state index contributed by atoms with van der Waals surface area (Å²) in [7, 11) is 1.55. The van der Waals surface area contributed by atoms with Crippen molar-refractivity contribution in [1.82, 2.24) is 10.6 Å². The summed E-state index contributed by atoms with van der Waals surface area (Å²) in [4.78, 5) is 12.2. The van der Waals surface area contributed by atoms with Crippen LogP contribution >= 0.6 is 28.1 Å². The molecule has 0 fully saturated rings. The lowest BCUT2D eigenvalue weighted by atomic mass is 10.2. The second-order valence-corrected chi connectivity index (χ2v) is 6.97. The second kappa shape index (κ2) is 8.83. The van der Waals surface area contributed by atoms with Gasteiger partial charge in [-0.1, -0.05) is 34.1 Å². The second-order valence-electron chi connectivity index (χ2n) is 5.64. The van der Waals surface area contributed by atoms with Crippen LogP contribution < -0.4 is 15.4 Å². The number of benzene rings is 2. The Bertz CT molecular complexity index is 954. The van der Waals surface area contributed by atoms with Gasteiger partial charge in [-0.15, -0.1) is 0 Å². The van der Waals surface area contributed by atoms with Crippen LogP contribution in [0.5, 0.6) is 5.75 Å². The molecule has 0 unspecified atom stereocenters. The first-order chi connectivity index (χ1) is 13.0. The van der Waals surface area contributed by atoms with Crippen LogP contribution in [0.3, 0.4) is 0 Å². The predicted molar refractivity (Wildman–Crippen MR) is 112 cm³/mol. The number of rotatable bonds is 5. The standard InChI is InChI=1S/C20H17BrN2O3S/c1-25-16-4-2-3-14(11-16)19(24)23-20(27)22-12-17-9-10-18(26-17)13-5-7-15(21)8-6-13/h2-11H,12H2,1H3,(H2,22,23,24,27). The molecule has 1 amide bonds. The van der Waals surface area contributed by atoms with Crippen molar-refractivity contribution in [3.05, 3.63) is 76.5 Å². The first kappa shape index (κ1) is 19.1. The summed E-state index contributed by atoms with van der Waals surface area (Å²) in [5.41, 5.74) is 1.45. The Kier molecular flexibility index (Phi) is 6.26. The largest absolute Gasteiger partial charge is 0.497 e. The maximum atomic E-state index is 12.2. The van der Waals surface area contributed by atoms with Crippen LogP contribution in [0.1, 0.15) is 16.1 Å². The van der Waals surface area contributed by atoms with Crippen molar-refractivity contribution < 1.29 is 13.9 Å². The van der Waals surface area contributed by atoms with Crippen LogP contribution in [-0.2, 0) is 6.54 Å². The topological polar surface area (TPSA) is 63.5 Å². The molecule has 27 heavy (non-hydrogen) atoms. The summed E-state index contributed by atoms with van der Waals surface area (Å²) in [6.45, 7) is 0.369. The van der Waals surface area contributed by atoms with Crippen molar-refractivity contribution in [1.29, 1.82) is 0 Å². The maximum absolute atomic E-state index is 12.2. The number of hydrogen-bond donors (Lipinski definition) is 2. The quantitative estimate of drug-likeness (QED) is 0.566. The van der Waals surface area contributed by atoms with Gasteiger partial charge in [0.25, 0.3) is 5.91 Å². The van der Waals surface area contributed by atoms with Gasteiger partial charge in [0.05, 0.1) is 13.7 Å². The average Bonchev–Trinajstić information content (AvgIpc) is 3.16. The molecule has 5 nitrogen and oxygen atoms in total. The lowest BCUT2D eigenvalue weighted by molar-refractivity contribution is 0.0976. The Morgan fingerprint density at radius 1 is 1.15 bits per heavy atom. The molecule has 1 aromatic heterocycles. The fraction of sp³-hybridized carbons (Fsp3) is 0.100. The van der Waals surface area contributed by atoms with Crippen LogP contribution in [0.15, 0.2) is 69.6 Å². The third kappa shape index (κ3) is 5.18. The first-order valence-corrected chi connectivity index (χ1v) is 9.33. The van der Waals surface area contributed by atoms with Crippen LogP contribution in [0.4, 0.5) is 0 Å². The highest BCUT2D eigenvalue weighted by Gasteiger charge is 2.10. The predicted octanol–water partition coefficient (Wildman–Crippen LogP) is 4.52. The molecule has 0 saturated heterocycles. The van der Waals surface area contributed by atoms with E-state index in [1.807, 2.05) is 36.4 Å². The van der Waals surface area contributed by atoms with Gasteiger partial charge in [-0.2, -0.15) is 0 Å². The monoisotopic (exact) mass is 444 g/mol. The third-order valence-corrected chi connectivity index (χ3v) is 4.55. The lowest BCUT2D eigenvalue weighted by Crippen LogP contribution is -2.38. The number of nitrogens with one attached hydrogen (secondary N) is 2. The number of furan rings is 1. The van der Waals surface area contributed by atoms with E-state index in [-0.39, 0.29) is 11.0 Å². The van der Waals surface area contributed by atoms with Crippen molar-refractivity contribution in [3.63, 3.8) is 0 Å². The Labute approximate surface area is 170 Å². The van der Waals surface area contributed by atoms with Gasteiger partial charge >= 0.3 is 0 Å². The van der Waals surface area contributed by atoms with Gasteiger partial charge in [0.15, 0.2) is 5.11 Å². The number of thiocarbonyl (C=S) groups is 1. The molecule has 0 radical (unpaired) electrons. The Morgan fingerprint density at radius 2 is 1.93 bits per heavy atom. The molecule has 0 spiro atoms. The van der Waals surface area contributed by atoms with E-state index in [0.29, 0.717) is 23.6 Å². The first-order valence-electron chi connectivity index (χ1n) is 8.13. The minimum atomic E-state index is -0.304. The molecule has 0 aliphatic rings. The van der Waals surface area contributed by atoms with E-state index < -0.39 is 0 Å². The zero-order chi connectivity index (χ0) is 19.2. The highest BCUT2D eigenvalue weighted by atomic mass is 79.9. The summed E-state index contributed by atoms with van der Waals surface area (Å²) in [6.07, 6.45) is 0. The number of carbonyl (C=O) groups is 1. The fourth-order valence-corrected chi connectivity index (χ4v) is 2.82. The molecule has 0 bridgehead atoms. The molecular formula is C20H17BrN2O3S. The summed E-state index contributed by atoms with van der Waals surface area (Å²) in [5, 5.41) is 5.84. The molecule has 2 N–H and O–H groups in total. The normalized spacial score (nSPS) is 10.3. The van der Waals surface area contributed by atoms with Crippen molar-refractivity contribution >= 4 is 39.2 Å². The van der Waals surface area contributed by atoms with Gasteiger partial charge in [-0.25, -0.2) is 0 Å². The smallest absolute Gasteiger partial charge is 0.257 e. The molecule has 3 rings (SSSR count). The molecule has 0 aliphatic carbocycles. The van der Waals surface area contributed by atoms with E-state index in [1.54, 1.807) is 31.4 Å². The van der Waals surface area contributed by atoms with Crippen molar-refractivity contribution in [2.24, 2.45) is 0 Å². The van der Waals surface area contributed by atoms with Crippen LogP contribution in [0.25, 0.3) is 11.3 Å². The minimum absolute atomic E-state index is 0.226. The molecule has 0 atom stereocenters. The van der Waals surface area contributed by atoms with Gasteiger partial charge < -0.3 is 14.5 Å². The van der Waals surface area contributed by atoms with Crippen molar-refractivity contribution in [2.45, 2.75) is 6.54 Å². The summed E-state index contributed by atoms with van der Waals surface area (Å²) >= 11 is 8.60. The van der Waals surface area contributed by atoms with Gasteiger partial charge in [0.2, 0.25) is 0 Å². The van der Waals surface area contributed by atoms with Crippen molar-refractivity contribution in [3.8, 4) is 17.1 Å².